The Balaban J connectivity index is 1.60. The summed E-state index contributed by atoms with van der Waals surface area (Å²) in [6.45, 7) is -0.937. The maximum absolute atomic E-state index is 14.0. The Bertz CT molecular complexity index is 1880. The highest BCUT2D eigenvalue weighted by atomic mass is 19.2. The first-order valence-corrected chi connectivity index (χ1v) is 12.1. The molecule has 0 spiro atoms. The third-order valence-corrected chi connectivity index (χ3v) is 6.18. The Morgan fingerprint density at radius 2 is 1.66 bits per heavy atom. The SMILES string of the molecule is COc1ccc(Nc2nc(=O)n(Cc3cc(-c4cccnc4)c[nH]c3=O)c(=O)n2Cc2cc(F)c(F)c(F)c2)cc1. The maximum Gasteiger partial charge on any atom is 0.355 e. The molecule has 2 aromatic carbocycles. The lowest BCUT2D eigenvalue weighted by Gasteiger charge is -2.16. The number of hydrogen-bond acceptors (Lipinski definition) is 7. The molecule has 41 heavy (non-hydrogen) atoms. The average molecular weight is 563 g/mol. The first-order chi connectivity index (χ1) is 19.7. The summed E-state index contributed by atoms with van der Waals surface area (Å²) in [5.74, 6) is -4.25. The lowest BCUT2D eigenvalue weighted by atomic mass is 10.1. The van der Waals surface area contributed by atoms with Gasteiger partial charge in [-0.3, -0.25) is 14.3 Å². The summed E-state index contributed by atoms with van der Waals surface area (Å²) in [6, 6.07) is 12.9. The monoisotopic (exact) mass is 562 g/mol. The van der Waals surface area contributed by atoms with Gasteiger partial charge in [0.15, 0.2) is 17.5 Å². The van der Waals surface area contributed by atoms with Gasteiger partial charge in [-0.05, 0) is 59.7 Å². The number of aromatic amines is 1. The molecule has 0 saturated carbocycles. The number of aromatic nitrogens is 5. The molecule has 3 aromatic heterocycles. The van der Waals surface area contributed by atoms with Crippen LogP contribution >= 0.6 is 0 Å². The molecule has 3 heterocycles. The molecule has 0 atom stereocenters. The number of ether oxygens (including phenoxy) is 1. The Hall–Kier alpha value is -5.46. The zero-order chi connectivity index (χ0) is 29.1. The molecule has 0 unspecified atom stereocenters. The van der Waals surface area contributed by atoms with Crippen LogP contribution in [0.1, 0.15) is 11.1 Å². The Kier molecular flexibility index (Phi) is 7.50. The summed E-state index contributed by atoms with van der Waals surface area (Å²) >= 11 is 0. The van der Waals surface area contributed by atoms with E-state index in [4.69, 9.17) is 4.74 Å². The second-order valence-corrected chi connectivity index (χ2v) is 8.88. The van der Waals surface area contributed by atoms with Gasteiger partial charge in [0.25, 0.3) is 5.56 Å². The number of methoxy groups -OCH3 is 1. The normalized spacial score (nSPS) is 10.9. The fraction of sp³-hybridized carbons (Fsp3) is 0.107. The molecule has 0 radical (unpaired) electrons. The summed E-state index contributed by atoms with van der Waals surface area (Å²) in [4.78, 5) is 49.9. The first kappa shape index (κ1) is 27.1. The van der Waals surface area contributed by atoms with Gasteiger partial charge >= 0.3 is 11.4 Å². The van der Waals surface area contributed by atoms with Crippen LogP contribution in [0.15, 0.2) is 87.6 Å². The summed E-state index contributed by atoms with van der Waals surface area (Å²) in [5, 5.41) is 2.85. The molecule has 5 rings (SSSR count). The van der Waals surface area contributed by atoms with Crippen LogP contribution < -0.4 is 27.0 Å². The van der Waals surface area contributed by atoms with Gasteiger partial charge in [-0.25, -0.2) is 27.3 Å². The average Bonchev–Trinajstić information content (AvgIpc) is 2.97. The molecule has 0 aliphatic carbocycles. The van der Waals surface area contributed by atoms with E-state index in [2.05, 4.69) is 20.3 Å². The van der Waals surface area contributed by atoms with E-state index in [1.165, 1.54) is 19.4 Å². The number of benzene rings is 2. The number of H-pyrrole nitrogens is 1. The number of halogens is 3. The van der Waals surface area contributed by atoms with E-state index in [1.807, 2.05) is 0 Å². The number of anilines is 2. The van der Waals surface area contributed by atoms with Crippen LogP contribution in [0, 0.1) is 17.5 Å². The van der Waals surface area contributed by atoms with Crippen LogP contribution in [-0.4, -0.2) is 31.2 Å². The van der Waals surface area contributed by atoms with Crippen molar-refractivity contribution in [2.45, 2.75) is 13.1 Å². The zero-order valence-electron chi connectivity index (χ0n) is 21.4. The van der Waals surface area contributed by atoms with E-state index in [0.717, 1.165) is 16.7 Å². The predicted octanol–water partition coefficient (Wildman–Crippen LogP) is 3.42. The number of nitrogens with one attached hydrogen (secondary N) is 2. The van der Waals surface area contributed by atoms with E-state index >= 15 is 0 Å². The Morgan fingerprint density at radius 3 is 2.32 bits per heavy atom. The van der Waals surface area contributed by atoms with Crippen molar-refractivity contribution in [3.05, 3.63) is 133 Å². The standard InChI is InChI=1S/C28H21F3N6O4/c1-41-21-6-4-20(5-7-21)34-26-35-27(39)37(28(40)36(26)14-16-9-22(29)24(31)23(30)10-16)15-19-11-18(13-33-25(19)38)17-3-2-8-32-12-17/h2-13H,14-15H2,1H3,(H,33,38)(H,34,35,39). The molecule has 0 saturated heterocycles. The zero-order valence-corrected chi connectivity index (χ0v) is 21.4. The van der Waals surface area contributed by atoms with Crippen molar-refractivity contribution in [1.82, 2.24) is 24.1 Å². The smallest absolute Gasteiger partial charge is 0.355 e. The molecule has 0 aliphatic heterocycles. The second-order valence-electron chi connectivity index (χ2n) is 8.88. The van der Waals surface area contributed by atoms with Gasteiger partial charge in [0.1, 0.15) is 5.75 Å². The topological polar surface area (TPSA) is 124 Å². The van der Waals surface area contributed by atoms with Crippen LogP contribution in [0.5, 0.6) is 5.75 Å². The van der Waals surface area contributed by atoms with Crippen LogP contribution in [-0.2, 0) is 13.1 Å². The molecule has 2 N–H and O–H groups in total. The third kappa shape index (κ3) is 5.78. The van der Waals surface area contributed by atoms with Gasteiger partial charge in [-0.15, -0.1) is 0 Å². The summed E-state index contributed by atoms with van der Waals surface area (Å²) in [6.07, 6.45) is 4.64. The predicted molar refractivity (Wildman–Crippen MR) is 144 cm³/mol. The molecule has 0 fully saturated rings. The van der Waals surface area contributed by atoms with Gasteiger partial charge in [-0.2, -0.15) is 4.98 Å². The number of rotatable bonds is 8. The quantitative estimate of drug-likeness (QED) is 0.278. The molecule has 0 amide bonds. The Morgan fingerprint density at radius 1 is 0.927 bits per heavy atom. The van der Waals surface area contributed by atoms with Crippen LogP contribution in [0.2, 0.25) is 0 Å². The van der Waals surface area contributed by atoms with Crippen LogP contribution in [0.3, 0.4) is 0 Å². The number of nitrogens with zero attached hydrogens (tertiary/aromatic N) is 4. The maximum atomic E-state index is 14.0. The summed E-state index contributed by atoms with van der Waals surface area (Å²) in [7, 11) is 1.49. The van der Waals surface area contributed by atoms with E-state index < -0.39 is 47.5 Å². The second kappa shape index (κ2) is 11.3. The van der Waals surface area contributed by atoms with Crippen LogP contribution in [0.25, 0.3) is 11.1 Å². The van der Waals surface area contributed by atoms with Gasteiger partial charge < -0.3 is 15.0 Å². The fourth-order valence-electron chi connectivity index (χ4n) is 4.11. The molecule has 0 bridgehead atoms. The third-order valence-electron chi connectivity index (χ3n) is 6.18. The van der Waals surface area contributed by atoms with Gasteiger partial charge in [0, 0.05) is 35.4 Å². The number of pyridine rings is 2. The van der Waals surface area contributed by atoms with Crippen molar-refractivity contribution in [2.24, 2.45) is 0 Å². The molecule has 10 nitrogen and oxygen atoms in total. The summed E-state index contributed by atoms with van der Waals surface area (Å²) < 4.78 is 48.3. The molecule has 13 heteroatoms. The van der Waals surface area contributed by atoms with E-state index in [1.54, 1.807) is 48.8 Å². The highest BCUT2D eigenvalue weighted by molar-refractivity contribution is 5.61. The first-order valence-electron chi connectivity index (χ1n) is 12.1. The van der Waals surface area contributed by atoms with Crippen molar-refractivity contribution < 1.29 is 17.9 Å². The lowest BCUT2D eigenvalue weighted by Crippen LogP contribution is -2.43. The van der Waals surface area contributed by atoms with Crippen LogP contribution in [0.4, 0.5) is 24.8 Å². The van der Waals surface area contributed by atoms with Crippen molar-refractivity contribution in [3.8, 4) is 16.9 Å². The highest BCUT2D eigenvalue weighted by Gasteiger charge is 2.18. The van der Waals surface area contributed by atoms with E-state index in [9.17, 15) is 27.6 Å². The molecule has 5 aromatic rings. The summed E-state index contributed by atoms with van der Waals surface area (Å²) in [5.41, 5.74) is -0.795. The number of hydrogen-bond donors (Lipinski definition) is 2. The van der Waals surface area contributed by atoms with E-state index in [-0.39, 0.29) is 17.1 Å². The minimum Gasteiger partial charge on any atom is -0.497 e. The minimum absolute atomic E-state index is 0.0774. The molecular formula is C28H21F3N6O4. The lowest BCUT2D eigenvalue weighted by molar-refractivity contribution is 0.415. The van der Waals surface area contributed by atoms with E-state index in [0.29, 0.717) is 27.1 Å². The highest BCUT2D eigenvalue weighted by Crippen LogP contribution is 2.20. The van der Waals surface area contributed by atoms with Crippen molar-refractivity contribution in [3.63, 3.8) is 0 Å². The van der Waals surface area contributed by atoms with Crippen molar-refractivity contribution >= 4 is 11.6 Å². The van der Waals surface area contributed by atoms with Crippen molar-refractivity contribution in [2.75, 3.05) is 12.4 Å². The Labute approximate surface area is 229 Å². The van der Waals surface area contributed by atoms with Gasteiger partial charge in [0.05, 0.1) is 20.2 Å². The minimum atomic E-state index is -1.66. The van der Waals surface area contributed by atoms with Crippen molar-refractivity contribution in [1.29, 1.82) is 0 Å². The fourth-order valence-corrected chi connectivity index (χ4v) is 4.11. The largest absolute Gasteiger partial charge is 0.497 e. The van der Waals surface area contributed by atoms with Gasteiger partial charge in [-0.1, -0.05) is 6.07 Å². The molecule has 0 aliphatic rings. The molecule has 208 valence electrons. The molecular weight excluding hydrogens is 541 g/mol. The van der Waals surface area contributed by atoms with Gasteiger partial charge in [0.2, 0.25) is 5.95 Å².